The van der Waals surface area contributed by atoms with Gasteiger partial charge >= 0.3 is 5.69 Å². The molecular formula is C13H18N2O2S. The quantitative estimate of drug-likeness (QED) is 0.731. The number of thiophene rings is 1. The first-order valence-corrected chi connectivity index (χ1v) is 6.67. The summed E-state index contributed by atoms with van der Waals surface area (Å²) in [6.07, 6.45) is 0. The van der Waals surface area contributed by atoms with Crippen LogP contribution in [-0.2, 0) is 19.5 Å². The Kier molecular flexibility index (Phi) is 2.77. The van der Waals surface area contributed by atoms with Crippen molar-refractivity contribution in [2.24, 2.45) is 14.1 Å². The molecule has 2 aromatic heterocycles. The van der Waals surface area contributed by atoms with Gasteiger partial charge in [-0.05, 0) is 12.3 Å². The second kappa shape index (κ2) is 3.82. The van der Waals surface area contributed by atoms with E-state index in [0.717, 1.165) is 15.3 Å². The average molecular weight is 266 g/mol. The fourth-order valence-electron chi connectivity index (χ4n) is 2.24. The Labute approximate surface area is 109 Å². The number of hydrogen-bond donors (Lipinski definition) is 0. The van der Waals surface area contributed by atoms with E-state index in [9.17, 15) is 9.59 Å². The fourth-order valence-corrected chi connectivity index (χ4v) is 3.48. The maximum Gasteiger partial charge on any atom is 0.330 e. The van der Waals surface area contributed by atoms with Crippen molar-refractivity contribution in [1.82, 2.24) is 9.13 Å². The zero-order valence-corrected chi connectivity index (χ0v) is 12.4. The summed E-state index contributed by atoms with van der Waals surface area (Å²) in [6.45, 7) is 8.22. The zero-order valence-electron chi connectivity index (χ0n) is 11.6. The third-order valence-corrected chi connectivity index (χ3v) is 4.68. The van der Waals surface area contributed by atoms with Crippen LogP contribution in [0.5, 0.6) is 0 Å². The summed E-state index contributed by atoms with van der Waals surface area (Å²) in [6, 6.07) is 0. The number of aromatic nitrogens is 2. The van der Waals surface area contributed by atoms with Gasteiger partial charge in [-0.2, -0.15) is 0 Å². The lowest BCUT2D eigenvalue weighted by atomic mass is 9.92. The Balaban J connectivity index is 3.15. The average Bonchev–Trinajstić information content (AvgIpc) is 2.61. The van der Waals surface area contributed by atoms with Crippen molar-refractivity contribution in [3.05, 3.63) is 30.6 Å². The third-order valence-electron chi connectivity index (χ3n) is 3.16. The second-order valence-corrected chi connectivity index (χ2v) is 6.89. The van der Waals surface area contributed by atoms with Crippen molar-refractivity contribution < 1.29 is 0 Å². The molecule has 2 heterocycles. The van der Waals surface area contributed by atoms with Crippen LogP contribution < -0.4 is 11.2 Å². The topological polar surface area (TPSA) is 44.0 Å². The SMILES string of the molecule is Cc1sc(C(C)(C)C)c2c(=O)n(C)c(=O)n(C)c12. The monoisotopic (exact) mass is 266 g/mol. The Bertz CT molecular complexity index is 741. The molecule has 0 unspecified atom stereocenters. The Morgan fingerprint density at radius 1 is 1.06 bits per heavy atom. The molecule has 0 bridgehead atoms. The molecule has 0 atom stereocenters. The van der Waals surface area contributed by atoms with Gasteiger partial charge in [0.15, 0.2) is 0 Å². The molecule has 0 aromatic carbocycles. The number of nitrogens with zero attached hydrogens (tertiary/aromatic N) is 2. The maximum absolute atomic E-state index is 12.3. The van der Waals surface area contributed by atoms with Crippen LogP contribution in [0, 0.1) is 6.92 Å². The predicted octanol–water partition coefficient (Wildman–Crippen LogP) is 1.90. The molecule has 98 valence electrons. The molecular weight excluding hydrogens is 248 g/mol. The van der Waals surface area contributed by atoms with Crippen molar-refractivity contribution in [3.63, 3.8) is 0 Å². The van der Waals surface area contributed by atoms with Gasteiger partial charge in [0.25, 0.3) is 5.56 Å². The van der Waals surface area contributed by atoms with Gasteiger partial charge in [0.05, 0.1) is 10.9 Å². The normalized spacial score (nSPS) is 12.3. The Hall–Kier alpha value is -1.36. The molecule has 5 heteroatoms. The summed E-state index contributed by atoms with van der Waals surface area (Å²) in [5, 5.41) is 0.689. The van der Waals surface area contributed by atoms with E-state index in [-0.39, 0.29) is 16.7 Å². The number of hydrogen-bond acceptors (Lipinski definition) is 3. The summed E-state index contributed by atoms with van der Waals surface area (Å²) in [7, 11) is 3.25. The molecule has 0 saturated carbocycles. The number of aryl methyl sites for hydroxylation is 2. The molecule has 0 radical (unpaired) electrons. The van der Waals surface area contributed by atoms with Crippen LogP contribution in [0.4, 0.5) is 0 Å². The largest absolute Gasteiger partial charge is 0.330 e. The first-order valence-electron chi connectivity index (χ1n) is 5.86. The van der Waals surface area contributed by atoms with E-state index in [1.54, 1.807) is 23.0 Å². The first kappa shape index (κ1) is 13.1. The van der Waals surface area contributed by atoms with Crippen LogP contribution in [0.1, 0.15) is 30.5 Å². The van der Waals surface area contributed by atoms with Crippen molar-refractivity contribution in [2.75, 3.05) is 0 Å². The highest BCUT2D eigenvalue weighted by Crippen LogP contribution is 2.36. The van der Waals surface area contributed by atoms with Gasteiger partial charge < -0.3 is 0 Å². The van der Waals surface area contributed by atoms with Gasteiger partial charge in [-0.1, -0.05) is 20.8 Å². The highest BCUT2D eigenvalue weighted by atomic mass is 32.1. The summed E-state index contributed by atoms with van der Waals surface area (Å²) < 4.78 is 2.75. The van der Waals surface area contributed by atoms with E-state index in [2.05, 4.69) is 20.8 Å². The molecule has 4 nitrogen and oxygen atoms in total. The molecule has 0 amide bonds. The van der Waals surface area contributed by atoms with Gasteiger partial charge in [0, 0.05) is 23.8 Å². The minimum absolute atomic E-state index is 0.0965. The second-order valence-electron chi connectivity index (χ2n) is 5.67. The van der Waals surface area contributed by atoms with Crippen LogP contribution in [0.15, 0.2) is 9.59 Å². The summed E-state index contributed by atoms with van der Waals surface area (Å²) >= 11 is 1.61. The summed E-state index contributed by atoms with van der Waals surface area (Å²) in [5.41, 5.74) is 0.218. The third kappa shape index (κ3) is 1.65. The van der Waals surface area contributed by atoms with Gasteiger partial charge in [-0.3, -0.25) is 13.9 Å². The summed E-state index contributed by atoms with van der Waals surface area (Å²) in [4.78, 5) is 26.4. The van der Waals surface area contributed by atoms with E-state index < -0.39 is 0 Å². The van der Waals surface area contributed by atoms with Crippen LogP contribution in [0.25, 0.3) is 10.9 Å². The van der Waals surface area contributed by atoms with E-state index >= 15 is 0 Å². The van der Waals surface area contributed by atoms with Gasteiger partial charge in [0.2, 0.25) is 0 Å². The van der Waals surface area contributed by atoms with Crippen molar-refractivity contribution in [2.45, 2.75) is 33.1 Å². The molecule has 0 N–H and O–H groups in total. The number of rotatable bonds is 0. The first-order chi connectivity index (χ1) is 8.16. The predicted molar refractivity (Wildman–Crippen MR) is 75.7 cm³/mol. The van der Waals surface area contributed by atoms with Crippen molar-refractivity contribution >= 4 is 22.2 Å². The smallest absolute Gasteiger partial charge is 0.295 e. The molecule has 0 saturated heterocycles. The molecule has 18 heavy (non-hydrogen) atoms. The van der Waals surface area contributed by atoms with E-state index in [0.29, 0.717) is 5.39 Å². The lowest BCUT2D eigenvalue weighted by molar-refractivity contribution is 0.606. The van der Waals surface area contributed by atoms with Crippen molar-refractivity contribution in [3.8, 4) is 0 Å². The zero-order chi connectivity index (χ0) is 13.8. The molecule has 0 spiro atoms. The minimum atomic E-state index is -0.270. The van der Waals surface area contributed by atoms with Crippen LogP contribution in [-0.4, -0.2) is 9.13 Å². The molecule has 2 aromatic rings. The number of fused-ring (bicyclic) bond motifs is 1. The molecule has 2 rings (SSSR count). The standard InChI is InChI=1S/C13H18N2O2S/c1-7-9-8(10(18-7)13(2,3)4)11(16)15(6)12(17)14(9)5/h1-6H3. The molecule has 0 aliphatic carbocycles. The molecule has 0 fully saturated rings. The molecule has 0 aliphatic heterocycles. The van der Waals surface area contributed by atoms with Crippen LogP contribution in [0.2, 0.25) is 0 Å². The molecule has 0 aliphatic rings. The summed E-state index contributed by atoms with van der Waals surface area (Å²) in [5.74, 6) is 0. The lowest BCUT2D eigenvalue weighted by Crippen LogP contribution is -2.37. The van der Waals surface area contributed by atoms with Gasteiger partial charge in [-0.15, -0.1) is 11.3 Å². The van der Waals surface area contributed by atoms with Crippen LogP contribution >= 0.6 is 11.3 Å². The van der Waals surface area contributed by atoms with E-state index in [4.69, 9.17) is 0 Å². The van der Waals surface area contributed by atoms with Gasteiger partial charge in [0.1, 0.15) is 0 Å². The minimum Gasteiger partial charge on any atom is -0.295 e. The van der Waals surface area contributed by atoms with Crippen LogP contribution in [0.3, 0.4) is 0 Å². The fraction of sp³-hybridized carbons (Fsp3) is 0.538. The van der Waals surface area contributed by atoms with Crippen molar-refractivity contribution in [1.29, 1.82) is 0 Å². The Morgan fingerprint density at radius 3 is 2.11 bits per heavy atom. The Morgan fingerprint density at radius 2 is 1.61 bits per heavy atom. The maximum atomic E-state index is 12.3. The van der Waals surface area contributed by atoms with E-state index in [1.165, 1.54) is 11.6 Å². The highest BCUT2D eigenvalue weighted by Gasteiger charge is 2.25. The highest BCUT2D eigenvalue weighted by molar-refractivity contribution is 7.13. The van der Waals surface area contributed by atoms with E-state index in [1.807, 2.05) is 6.92 Å². The lowest BCUT2D eigenvalue weighted by Gasteiger charge is -2.17. The van der Waals surface area contributed by atoms with Gasteiger partial charge in [-0.25, -0.2) is 4.79 Å².